The number of hydrogen-bond acceptors (Lipinski definition) is 6. The maximum Gasteiger partial charge on any atom is 0.405 e. The number of pyridine rings is 1. The van der Waals surface area contributed by atoms with Crippen molar-refractivity contribution in [3.63, 3.8) is 0 Å². The third-order valence-corrected chi connectivity index (χ3v) is 5.86. The lowest BCUT2D eigenvalue weighted by molar-refractivity contribution is 0.143. The minimum Gasteiger partial charge on any atom is -0.490 e. The largest absolute Gasteiger partial charge is 0.490 e. The Morgan fingerprint density at radius 2 is 2.03 bits per heavy atom. The summed E-state index contributed by atoms with van der Waals surface area (Å²) >= 11 is 8.01. The van der Waals surface area contributed by atoms with Gasteiger partial charge in [-0.25, -0.2) is 14.8 Å². The third-order valence-electron chi connectivity index (χ3n) is 4.69. The smallest absolute Gasteiger partial charge is 0.405 e. The number of ether oxygens (including phenoxy) is 1. The van der Waals surface area contributed by atoms with Crippen LogP contribution in [-0.2, 0) is 0 Å². The zero-order valence-corrected chi connectivity index (χ0v) is 20.0. The van der Waals surface area contributed by atoms with Gasteiger partial charge in [-0.2, -0.15) is 0 Å². The molecule has 3 N–H and O–H groups in total. The number of amides is 1. The molecule has 0 aliphatic carbocycles. The van der Waals surface area contributed by atoms with E-state index in [0.717, 1.165) is 22.0 Å². The molecule has 1 aromatic carbocycles. The summed E-state index contributed by atoms with van der Waals surface area (Å²) in [6, 6.07) is 9.37. The predicted molar refractivity (Wildman–Crippen MR) is 129 cm³/mol. The lowest BCUT2D eigenvalue weighted by atomic mass is 9.91. The summed E-state index contributed by atoms with van der Waals surface area (Å²) in [6.07, 6.45) is 1.29. The molecule has 7 nitrogen and oxygen atoms in total. The number of halogens is 1. The number of nitrogens with one attached hydrogen (secondary N) is 2. The van der Waals surface area contributed by atoms with Crippen LogP contribution >= 0.6 is 22.9 Å². The number of hydrogen-bond donors (Lipinski definition) is 3. The molecule has 0 radical (unpaired) electrons. The first-order chi connectivity index (χ1) is 15.1. The normalized spacial score (nSPS) is 12.9. The highest BCUT2D eigenvalue weighted by atomic mass is 35.5. The van der Waals surface area contributed by atoms with Crippen molar-refractivity contribution in [1.82, 2.24) is 15.3 Å². The Labute approximate surface area is 196 Å². The Morgan fingerprint density at radius 3 is 2.66 bits per heavy atom. The molecule has 0 spiro atoms. The summed E-state index contributed by atoms with van der Waals surface area (Å²) in [4.78, 5) is 20.0. The van der Waals surface area contributed by atoms with Crippen molar-refractivity contribution in [2.24, 2.45) is 5.92 Å². The minimum atomic E-state index is -1.08. The van der Waals surface area contributed by atoms with E-state index in [2.05, 4.69) is 20.6 Å². The Kier molecular flexibility index (Phi) is 7.58. The molecule has 0 aliphatic rings. The van der Waals surface area contributed by atoms with E-state index in [-0.39, 0.29) is 6.61 Å². The number of rotatable bonds is 9. The van der Waals surface area contributed by atoms with Crippen LogP contribution in [0.4, 0.5) is 15.7 Å². The first-order valence-electron chi connectivity index (χ1n) is 10.2. The maximum atomic E-state index is 11.2. The van der Waals surface area contributed by atoms with E-state index in [4.69, 9.17) is 16.3 Å². The molecule has 1 unspecified atom stereocenters. The van der Waals surface area contributed by atoms with Gasteiger partial charge in [-0.05, 0) is 61.6 Å². The second kappa shape index (κ2) is 10.2. The van der Waals surface area contributed by atoms with E-state index >= 15 is 0 Å². The summed E-state index contributed by atoms with van der Waals surface area (Å²) < 4.78 is 5.91. The van der Waals surface area contributed by atoms with E-state index in [9.17, 15) is 9.90 Å². The average Bonchev–Trinajstić information content (AvgIpc) is 3.10. The highest BCUT2D eigenvalue weighted by Gasteiger charge is 2.29. The number of nitrogens with zero attached hydrogens (tertiary/aromatic N) is 2. The fraction of sp³-hybridized carbons (Fsp3) is 0.348. The molecule has 0 saturated heterocycles. The topological polar surface area (TPSA) is 96.4 Å². The Balaban J connectivity index is 1.73. The second-order valence-corrected chi connectivity index (χ2v) is 9.64. The van der Waals surface area contributed by atoms with Crippen LogP contribution in [0.5, 0.6) is 5.75 Å². The molecule has 0 bridgehead atoms. The summed E-state index contributed by atoms with van der Waals surface area (Å²) in [5.41, 5.74) is 2.10. The Morgan fingerprint density at radius 1 is 1.28 bits per heavy atom. The monoisotopic (exact) mass is 474 g/mol. The minimum absolute atomic E-state index is 0.174. The molecule has 9 heteroatoms. The molecule has 2 heterocycles. The quantitative estimate of drug-likeness (QED) is 0.334. The highest BCUT2D eigenvalue weighted by molar-refractivity contribution is 7.13. The van der Waals surface area contributed by atoms with Crippen molar-refractivity contribution < 1.29 is 14.6 Å². The van der Waals surface area contributed by atoms with Crippen LogP contribution in [0.2, 0.25) is 5.02 Å². The van der Waals surface area contributed by atoms with Gasteiger partial charge in [0.25, 0.3) is 0 Å². The molecule has 2 aromatic heterocycles. The van der Waals surface area contributed by atoms with Crippen LogP contribution < -0.4 is 15.4 Å². The lowest BCUT2D eigenvalue weighted by Gasteiger charge is -2.31. The zero-order chi connectivity index (χ0) is 23.3. The van der Waals surface area contributed by atoms with Crippen LogP contribution in [0.15, 0.2) is 41.9 Å². The number of aryl methyl sites for hydroxylation is 1. The van der Waals surface area contributed by atoms with Crippen LogP contribution in [-0.4, -0.2) is 33.3 Å². The van der Waals surface area contributed by atoms with E-state index in [1.165, 1.54) is 11.3 Å². The van der Waals surface area contributed by atoms with Crippen molar-refractivity contribution in [2.45, 2.75) is 39.7 Å². The number of benzene rings is 1. The third kappa shape index (κ3) is 6.58. The van der Waals surface area contributed by atoms with Crippen molar-refractivity contribution in [2.75, 3.05) is 11.9 Å². The molecule has 1 amide bonds. The fourth-order valence-electron chi connectivity index (χ4n) is 3.54. The van der Waals surface area contributed by atoms with E-state index in [0.29, 0.717) is 28.9 Å². The van der Waals surface area contributed by atoms with Gasteiger partial charge in [-0.1, -0.05) is 31.5 Å². The van der Waals surface area contributed by atoms with Gasteiger partial charge < -0.3 is 20.5 Å². The number of thiazole rings is 1. The molecule has 0 aliphatic heterocycles. The maximum absolute atomic E-state index is 11.2. The summed E-state index contributed by atoms with van der Waals surface area (Å²) in [5.74, 6) is 1.50. The van der Waals surface area contributed by atoms with Crippen molar-refractivity contribution in [1.29, 1.82) is 0 Å². The van der Waals surface area contributed by atoms with Gasteiger partial charge in [0.05, 0.1) is 16.3 Å². The number of anilines is 2. The molecule has 32 heavy (non-hydrogen) atoms. The SMILES string of the molecule is Cc1csc(Nc2cc(-c3ccc(OCC(C)(CC(C)C)NC(=O)O)c(Cl)c3)ccn2)n1. The van der Waals surface area contributed by atoms with Gasteiger partial charge in [0, 0.05) is 11.6 Å². The molecule has 1 atom stereocenters. The van der Waals surface area contributed by atoms with Crippen LogP contribution in [0.1, 0.15) is 32.9 Å². The van der Waals surface area contributed by atoms with Gasteiger partial charge in [0.1, 0.15) is 18.2 Å². The zero-order valence-electron chi connectivity index (χ0n) is 18.5. The van der Waals surface area contributed by atoms with E-state index in [1.54, 1.807) is 12.3 Å². The van der Waals surface area contributed by atoms with E-state index < -0.39 is 11.6 Å². The molecule has 170 valence electrons. The molecular weight excluding hydrogens is 448 g/mol. The lowest BCUT2D eigenvalue weighted by Crippen LogP contribution is -2.50. The summed E-state index contributed by atoms with van der Waals surface area (Å²) in [6.45, 7) is 8.03. The molecule has 0 saturated carbocycles. The highest BCUT2D eigenvalue weighted by Crippen LogP contribution is 2.32. The van der Waals surface area contributed by atoms with Gasteiger partial charge in [0.15, 0.2) is 5.13 Å². The molecule has 3 aromatic rings. The van der Waals surface area contributed by atoms with E-state index in [1.807, 2.05) is 57.3 Å². The predicted octanol–water partition coefficient (Wildman–Crippen LogP) is 6.36. The first-order valence-corrected chi connectivity index (χ1v) is 11.5. The second-order valence-electron chi connectivity index (χ2n) is 8.37. The van der Waals surface area contributed by atoms with Crippen LogP contribution in [0.3, 0.4) is 0 Å². The van der Waals surface area contributed by atoms with Crippen molar-refractivity contribution in [3.05, 3.63) is 52.6 Å². The summed E-state index contributed by atoms with van der Waals surface area (Å²) in [5, 5.41) is 18.2. The number of carbonyl (C=O) groups is 1. The van der Waals surface area contributed by atoms with Gasteiger partial charge in [-0.3, -0.25) is 0 Å². The molecular formula is C23H27ClN4O3S. The van der Waals surface area contributed by atoms with Gasteiger partial charge in [-0.15, -0.1) is 11.3 Å². The molecule has 3 rings (SSSR count). The molecule has 0 fully saturated rings. The standard InChI is InChI=1S/C23H27ClN4O3S/c1-14(2)11-23(4,28-22(29)30)13-31-19-6-5-16(9-18(19)24)17-7-8-25-20(10-17)27-21-26-15(3)12-32-21/h5-10,12,14,28H,11,13H2,1-4H3,(H,29,30)(H,25,26,27). The first kappa shape index (κ1) is 23.8. The fourth-order valence-corrected chi connectivity index (χ4v) is 4.47. The van der Waals surface area contributed by atoms with Crippen molar-refractivity contribution >= 4 is 40.0 Å². The average molecular weight is 475 g/mol. The number of aromatic nitrogens is 2. The van der Waals surface area contributed by atoms with Crippen LogP contribution in [0.25, 0.3) is 11.1 Å². The number of carboxylic acid groups (broad SMARTS) is 1. The Bertz CT molecular complexity index is 1090. The Hall–Kier alpha value is -2.84. The van der Waals surface area contributed by atoms with Gasteiger partial charge in [0.2, 0.25) is 0 Å². The van der Waals surface area contributed by atoms with Crippen LogP contribution in [0, 0.1) is 12.8 Å². The summed E-state index contributed by atoms with van der Waals surface area (Å²) in [7, 11) is 0. The van der Waals surface area contributed by atoms with Gasteiger partial charge >= 0.3 is 6.09 Å². The van der Waals surface area contributed by atoms with Crippen molar-refractivity contribution in [3.8, 4) is 16.9 Å².